The summed E-state index contributed by atoms with van der Waals surface area (Å²) >= 11 is 0. The van der Waals surface area contributed by atoms with Crippen molar-refractivity contribution in [3.05, 3.63) is 0 Å². The van der Waals surface area contributed by atoms with Crippen LogP contribution in [0, 0.1) is 0 Å². The number of carbonyl (C=O) groups is 1. The van der Waals surface area contributed by atoms with Crippen LogP contribution in [-0.4, -0.2) is 44.2 Å². The number of amides is 2. The van der Waals surface area contributed by atoms with Crippen LogP contribution in [-0.2, 0) is 0 Å². The van der Waals surface area contributed by atoms with Crippen LogP contribution >= 0.6 is 0 Å². The van der Waals surface area contributed by atoms with Crippen LogP contribution in [0.1, 0.15) is 39.5 Å². The molecule has 2 N–H and O–H groups in total. The van der Waals surface area contributed by atoms with Gasteiger partial charge in [-0.3, -0.25) is 0 Å². The zero-order chi connectivity index (χ0) is 12.4. The molecule has 0 aromatic rings. The molecule has 0 aromatic carbocycles. The largest absolute Gasteiger partial charge is 0.337 e. The molecule has 0 aromatic heterocycles. The number of rotatable bonds is 8. The molecule has 1 unspecified atom stereocenters. The zero-order valence-corrected chi connectivity index (χ0v) is 11.2. The molecule has 1 atom stereocenters. The molecule has 4 heteroatoms. The molecule has 16 heavy (non-hydrogen) atoms. The molecule has 2 amide bonds. The summed E-state index contributed by atoms with van der Waals surface area (Å²) in [5, 5.41) is 6.23. The van der Waals surface area contributed by atoms with Crippen LogP contribution in [0.25, 0.3) is 0 Å². The number of nitrogens with one attached hydrogen (secondary N) is 2. The maximum Gasteiger partial charge on any atom is 0.316 e. The quantitative estimate of drug-likeness (QED) is 0.624. The van der Waals surface area contributed by atoms with Crippen molar-refractivity contribution in [1.82, 2.24) is 15.5 Å². The van der Waals surface area contributed by atoms with E-state index in [0.717, 1.165) is 6.54 Å². The van der Waals surface area contributed by atoms with Gasteiger partial charge in [0.1, 0.15) is 0 Å². The van der Waals surface area contributed by atoms with E-state index in [1.54, 1.807) is 19.0 Å². The molecule has 0 radical (unpaired) electrons. The third kappa shape index (κ3) is 8.53. The van der Waals surface area contributed by atoms with E-state index < -0.39 is 0 Å². The molecule has 96 valence electrons. The Balaban J connectivity index is 3.33. The zero-order valence-electron chi connectivity index (χ0n) is 11.2. The second-order valence-electron chi connectivity index (χ2n) is 4.48. The summed E-state index contributed by atoms with van der Waals surface area (Å²) in [6, 6.07) is 0.517. The molecule has 0 spiro atoms. The lowest BCUT2D eigenvalue weighted by atomic mass is 10.1. The Morgan fingerprint density at radius 3 is 2.50 bits per heavy atom. The van der Waals surface area contributed by atoms with E-state index in [4.69, 9.17) is 0 Å². The SMILES string of the molecule is CCCCCC(C)NCCNC(=O)N(C)C. The van der Waals surface area contributed by atoms with Crippen molar-refractivity contribution in [2.24, 2.45) is 0 Å². The highest BCUT2D eigenvalue weighted by Crippen LogP contribution is 2.02. The molecular weight excluding hydrogens is 202 g/mol. The molecule has 0 heterocycles. The normalized spacial score (nSPS) is 12.2. The Bertz CT molecular complexity index is 183. The van der Waals surface area contributed by atoms with Gasteiger partial charge in [0.2, 0.25) is 0 Å². The average Bonchev–Trinajstić information content (AvgIpc) is 2.24. The fraction of sp³-hybridized carbons (Fsp3) is 0.917. The number of urea groups is 1. The van der Waals surface area contributed by atoms with Crippen LogP contribution in [0.4, 0.5) is 4.79 Å². The van der Waals surface area contributed by atoms with Crippen molar-refractivity contribution in [2.45, 2.75) is 45.6 Å². The number of nitrogens with zero attached hydrogens (tertiary/aromatic N) is 1. The lowest BCUT2D eigenvalue weighted by molar-refractivity contribution is 0.217. The third-order valence-electron chi connectivity index (χ3n) is 2.54. The van der Waals surface area contributed by atoms with E-state index >= 15 is 0 Å². The minimum absolute atomic E-state index is 0.0274. The molecule has 0 fully saturated rings. The van der Waals surface area contributed by atoms with E-state index in [1.807, 2.05) is 0 Å². The van der Waals surface area contributed by atoms with Crippen molar-refractivity contribution in [1.29, 1.82) is 0 Å². The van der Waals surface area contributed by atoms with Crippen molar-refractivity contribution >= 4 is 6.03 Å². The van der Waals surface area contributed by atoms with Gasteiger partial charge >= 0.3 is 6.03 Å². The van der Waals surface area contributed by atoms with Gasteiger partial charge in [0, 0.05) is 33.2 Å². The van der Waals surface area contributed by atoms with Crippen LogP contribution in [0.3, 0.4) is 0 Å². The van der Waals surface area contributed by atoms with Gasteiger partial charge in [0.05, 0.1) is 0 Å². The summed E-state index contributed by atoms with van der Waals surface area (Å²) in [5.41, 5.74) is 0. The molecule has 0 aliphatic heterocycles. The lowest BCUT2D eigenvalue weighted by Gasteiger charge is -2.15. The Morgan fingerprint density at radius 2 is 1.94 bits per heavy atom. The van der Waals surface area contributed by atoms with Crippen LogP contribution in [0.5, 0.6) is 0 Å². The highest BCUT2D eigenvalue weighted by atomic mass is 16.2. The smallest absolute Gasteiger partial charge is 0.316 e. The van der Waals surface area contributed by atoms with Crippen LogP contribution in [0.15, 0.2) is 0 Å². The summed E-state index contributed by atoms with van der Waals surface area (Å²) in [5.74, 6) is 0. The summed E-state index contributed by atoms with van der Waals surface area (Å²) < 4.78 is 0. The first-order chi connectivity index (χ1) is 7.57. The Hall–Kier alpha value is -0.770. The summed E-state index contributed by atoms with van der Waals surface area (Å²) in [4.78, 5) is 12.7. The molecule has 0 aliphatic carbocycles. The van der Waals surface area contributed by atoms with E-state index in [2.05, 4.69) is 24.5 Å². The molecule has 0 saturated heterocycles. The predicted molar refractivity (Wildman–Crippen MR) is 68.7 cm³/mol. The number of hydrogen-bond donors (Lipinski definition) is 2. The summed E-state index contributed by atoms with van der Waals surface area (Å²) in [7, 11) is 3.49. The standard InChI is InChI=1S/C12H27N3O/c1-5-6-7-8-11(2)13-9-10-14-12(16)15(3)4/h11,13H,5-10H2,1-4H3,(H,14,16). The first-order valence-electron chi connectivity index (χ1n) is 6.26. The first-order valence-corrected chi connectivity index (χ1v) is 6.26. The minimum Gasteiger partial charge on any atom is -0.337 e. The van der Waals surface area contributed by atoms with E-state index in [1.165, 1.54) is 25.7 Å². The maximum atomic E-state index is 11.2. The average molecular weight is 229 g/mol. The van der Waals surface area contributed by atoms with Gasteiger partial charge in [-0.15, -0.1) is 0 Å². The fourth-order valence-corrected chi connectivity index (χ4v) is 1.45. The first kappa shape index (κ1) is 15.2. The van der Waals surface area contributed by atoms with Crippen LogP contribution < -0.4 is 10.6 Å². The van der Waals surface area contributed by atoms with Gasteiger partial charge < -0.3 is 15.5 Å². The number of unbranched alkanes of at least 4 members (excludes halogenated alkanes) is 2. The third-order valence-corrected chi connectivity index (χ3v) is 2.54. The molecule has 0 rings (SSSR count). The maximum absolute atomic E-state index is 11.2. The van der Waals surface area contributed by atoms with Gasteiger partial charge in [-0.25, -0.2) is 4.79 Å². The van der Waals surface area contributed by atoms with Crippen molar-refractivity contribution in [3.63, 3.8) is 0 Å². The summed E-state index contributed by atoms with van der Waals surface area (Å²) in [6.07, 6.45) is 5.08. The Labute approximate surface area is 99.8 Å². The minimum atomic E-state index is -0.0274. The molecule has 0 bridgehead atoms. The van der Waals surface area contributed by atoms with Gasteiger partial charge in [-0.1, -0.05) is 26.2 Å². The molecule has 0 aliphatic rings. The van der Waals surface area contributed by atoms with E-state index in [0.29, 0.717) is 12.6 Å². The molecule has 0 saturated carbocycles. The van der Waals surface area contributed by atoms with E-state index in [-0.39, 0.29) is 6.03 Å². The topological polar surface area (TPSA) is 44.4 Å². The van der Waals surface area contributed by atoms with Gasteiger partial charge in [-0.05, 0) is 13.3 Å². The second kappa shape index (κ2) is 9.46. The highest BCUT2D eigenvalue weighted by Gasteiger charge is 2.02. The van der Waals surface area contributed by atoms with Crippen molar-refractivity contribution in [3.8, 4) is 0 Å². The van der Waals surface area contributed by atoms with Crippen LogP contribution in [0.2, 0.25) is 0 Å². The predicted octanol–water partition coefficient (Wildman–Crippen LogP) is 1.82. The van der Waals surface area contributed by atoms with Crippen molar-refractivity contribution < 1.29 is 4.79 Å². The van der Waals surface area contributed by atoms with Gasteiger partial charge in [-0.2, -0.15) is 0 Å². The van der Waals surface area contributed by atoms with Gasteiger partial charge in [0.15, 0.2) is 0 Å². The molecular formula is C12H27N3O. The Morgan fingerprint density at radius 1 is 1.25 bits per heavy atom. The Kier molecular flexibility index (Phi) is 9.00. The highest BCUT2D eigenvalue weighted by molar-refractivity contribution is 5.73. The number of hydrogen-bond acceptors (Lipinski definition) is 2. The van der Waals surface area contributed by atoms with E-state index in [9.17, 15) is 4.79 Å². The van der Waals surface area contributed by atoms with Crippen molar-refractivity contribution in [2.75, 3.05) is 27.2 Å². The monoisotopic (exact) mass is 229 g/mol. The summed E-state index contributed by atoms with van der Waals surface area (Å²) in [6.45, 7) is 5.94. The number of carbonyl (C=O) groups excluding carboxylic acids is 1. The fourth-order valence-electron chi connectivity index (χ4n) is 1.45. The van der Waals surface area contributed by atoms with Gasteiger partial charge in [0.25, 0.3) is 0 Å². The second-order valence-corrected chi connectivity index (χ2v) is 4.48. The molecule has 4 nitrogen and oxygen atoms in total. The lowest BCUT2D eigenvalue weighted by Crippen LogP contribution is -2.40.